The Labute approximate surface area is 346 Å². The second kappa shape index (κ2) is 14.1. The van der Waals surface area contributed by atoms with E-state index in [0.717, 1.165) is 60.3 Å². The first-order valence-electron chi connectivity index (χ1n) is 22.6. The fourth-order valence-electron chi connectivity index (χ4n) is 7.92. The molecular formula is C55H35N3. The van der Waals surface area contributed by atoms with Crippen LogP contribution in [-0.2, 0) is 0 Å². The highest BCUT2D eigenvalue weighted by atomic mass is 15.0. The van der Waals surface area contributed by atoms with E-state index >= 15 is 0 Å². The van der Waals surface area contributed by atoms with Gasteiger partial charge in [0.1, 0.15) is 0 Å². The summed E-state index contributed by atoms with van der Waals surface area (Å²) < 4.78 is 60.6. The van der Waals surface area contributed by atoms with Crippen LogP contribution in [0.4, 0.5) is 0 Å². The molecule has 0 aliphatic carbocycles. The second-order valence-corrected chi connectivity index (χ2v) is 14.3. The predicted octanol–water partition coefficient (Wildman–Crippen LogP) is 14.5. The van der Waals surface area contributed by atoms with Crippen molar-refractivity contribution in [1.29, 1.82) is 0 Å². The lowest BCUT2D eigenvalue weighted by molar-refractivity contribution is 1.07. The van der Waals surface area contributed by atoms with Gasteiger partial charge in [-0.1, -0.05) is 182 Å². The van der Waals surface area contributed by atoms with Crippen molar-refractivity contribution in [2.45, 2.75) is 0 Å². The maximum absolute atomic E-state index is 9.03. The van der Waals surface area contributed by atoms with Crippen molar-refractivity contribution in [3.8, 4) is 67.5 Å². The van der Waals surface area contributed by atoms with Crippen LogP contribution >= 0.6 is 0 Å². The Bertz CT molecular complexity index is 3750. The fourth-order valence-corrected chi connectivity index (χ4v) is 7.92. The normalized spacial score (nSPS) is 13.1. The summed E-state index contributed by atoms with van der Waals surface area (Å²) in [6.45, 7) is 0. The molecule has 58 heavy (non-hydrogen) atoms. The molecule has 10 aromatic carbocycles. The molecule has 0 N–H and O–H groups in total. The van der Waals surface area contributed by atoms with Crippen LogP contribution in [0.2, 0.25) is 0 Å². The smallest absolute Gasteiger partial charge is 0.164 e. The van der Waals surface area contributed by atoms with Gasteiger partial charge in [0, 0.05) is 16.7 Å². The first kappa shape index (κ1) is 27.0. The van der Waals surface area contributed by atoms with Crippen LogP contribution in [0.15, 0.2) is 212 Å². The van der Waals surface area contributed by atoms with Crippen LogP contribution in [0.1, 0.15) is 9.60 Å². The Balaban J connectivity index is 1.10. The van der Waals surface area contributed by atoms with Crippen molar-refractivity contribution < 1.29 is 9.60 Å². The molecule has 270 valence electrons. The summed E-state index contributed by atoms with van der Waals surface area (Å²) in [7, 11) is 0. The van der Waals surface area contributed by atoms with Gasteiger partial charge in [-0.2, -0.15) is 0 Å². The molecule has 0 radical (unpaired) electrons. The Morgan fingerprint density at radius 3 is 1.55 bits per heavy atom. The summed E-state index contributed by atoms with van der Waals surface area (Å²) in [6, 6.07) is 54.2. The van der Waals surface area contributed by atoms with Gasteiger partial charge in [0.05, 0.1) is 9.60 Å². The summed E-state index contributed by atoms with van der Waals surface area (Å²) in [6.07, 6.45) is 0. The van der Waals surface area contributed by atoms with Gasteiger partial charge in [-0.15, -0.1) is 0 Å². The van der Waals surface area contributed by atoms with E-state index in [2.05, 4.69) is 109 Å². The summed E-state index contributed by atoms with van der Waals surface area (Å²) in [5.74, 6) is 1.22. The molecule has 0 saturated heterocycles. The molecule has 0 aliphatic heterocycles. The molecule has 1 heterocycles. The van der Waals surface area contributed by atoms with Gasteiger partial charge < -0.3 is 0 Å². The minimum Gasteiger partial charge on any atom is -0.208 e. The van der Waals surface area contributed by atoms with Gasteiger partial charge in [0.25, 0.3) is 0 Å². The Hall–Kier alpha value is -7.75. The van der Waals surface area contributed by atoms with Gasteiger partial charge >= 0.3 is 0 Å². The van der Waals surface area contributed by atoms with Crippen molar-refractivity contribution in [1.82, 2.24) is 15.0 Å². The van der Waals surface area contributed by atoms with E-state index in [0.29, 0.717) is 28.6 Å². The zero-order valence-electron chi connectivity index (χ0n) is 38.0. The average molecular weight is 745 g/mol. The van der Waals surface area contributed by atoms with Crippen LogP contribution < -0.4 is 0 Å². The zero-order valence-corrected chi connectivity index (χ0v) is 31.0. The lowest BCUT2D eigenvalue weighted by atomic mass is 9.92. The fraction of sp³-hybridized carbons (Fsp3) is 0. The summed E-state index contributed by atoms with van der Waals surface area (Å²) in [5, 5.41) is 6.61. The highest BCUT2D eigenvalue weighted by Crippen LogP contribution is 2.37. The van der Waals surface area contributed by atoms with Gasteiger partial charge in [-0.3, -0.25) is 0 Å². The van der Waals surface area contributed by atoms with E-state index in [1.165, 1.54) is 5.39 Å². The molecule has 3 nitrogen and oxygen atoms in total. The standard InChI is InChI=1S/C55H35N3/c1-2-13-36(14-3-1)38-27-28-40-32-46(30-29-39(40)31-38)55-57-53(44-20-10-18-41(33-44)48-26-12-17-37-15-4-6-22-47(37)48)56-54(58-55)45-21-11-19-42(34-45)52-35-43-16-5-7-23-49(43)50-24-8-9-25-51(50)52/h1-35H/i4D,6D,12D,15D,17D,22D,26D. The average Bonchev–Trinajstić information content (AvgIpc) is 3.36. The van der Waals surface area contributed by atoms with E-state index in [1.54, 1.807) is 18.2 Å². The molecule has 0 atom stereocenters. The lowest BCUT2D eigenvalue weighted by Crippen LogP contribution is -2.00. The van der Waals surface area contributed by atoms with Crippen molar-refractivity contribution >= 4 is 43.1 Å². The zero-order chi connectivity index (χ0) is 44.5. The molecule has 0 amide bonds. The first-order valence-corrected chi connectivity index (χ1v) is 19.1. The molecule has 0 saturated carbocycles. The highest BCUT2D eigenvalue weighted by molar-refractivity contribution is 6.14. The molecule has 11 aromatic rings. The monoisotopic (exact) mass is 744 g/mol. The Morgan fingerprint density at radius 2 is 0.810 bits per heavy atom. The first-order chi connectivity index (χ1) is 31.6. The molecule has 0 fully saturated rings. The minimum absolute atomic E-state index is 0.0146. The maximum atomic E-state index is 9.03. The van der Waals surface area contributed by atoms with Crippen LogP contribution in [0.25, 0.3) is 111 Å². The second-order valence-electron chi connectivity index (χ2n) is 14.3. The molecule has 1 aromatic heterocycles. The molecule has 0 spiro atoms. The third kappa shape index (κ3) is 6.07. The number of nitrogens with zero attached hydrogens (tertiary/aromatic N) is 3. The summed E-state index contributed by atoms with van der Waals surface area (Å²) in [4.78, 5) is 15.3. The minimum atomic E-state index is -0.499. The number of fused-ring (bicyclic) bond motifs is 5. The molecular weight excluding hydrogens is 703 g/mol. The third-order valence-corrected chi connectivity index (χ3v) is 10.8. The van der Waals surface area contributed by atoms with Gasteiger partial charge in [-0.05, 0) is 107 Å². The molecule has 0 aliphatic rings. The number of hydrogen-bond acceptors (Lipinski definition) is 3. The van der Waals surface area contributed by atoms with Crippen LogP contribution in [0.5, 0.6) is 0 Å². The highest BCUT2D eigenvalue weighted by Gasteiger charge is 2.16. The van der Waals surface area contributed by atoms with Gasteiger partial charge in [0.15, 0.2) is 17.5 Å². The Kier molecular flexibility index (Phi) is 6.54. The maximum Gasteiger partial charge on any atom is 0.164 e. The number of benzene rings is 10. The van der Waals surface area contributed by atoms with Crippen molar-refractivity contribution in [2.24, 2.45) is 0 Å². The van der Waals surface area contributed by atoms with Gasteiger partial charge in [-0.25, -0.2) is 15.0 Å². The largest absolute Gasteiger partial charge is 0.208 e. The predicted molar refractivity (Wildman–Crippen MR) is 242 cm³/mol. The van der Waals surface area contributed by atoms with Crippen molar-refractivity contribution in [2.75, 3.05) is 0 Å². The molecule has 0 bridgehead atoms. The van der Waals surface area contributed by atoms with Crippen molar-refractivity contribution in [3.63, 3.8) is 0 Å². The van der Waals surface area contributed by atoms with E-state index < -0.39 is 30.2 Å². The number of rotatable bonds is 6. The number of aromatic nitrogens is 3. The van der Waals surface area contributed by atoms with Crippen molar-refractivity contribution in [3.05, 3.63) is 212 Å². The molecule has 0 unspecified atom stereocenters. The van der Waals surface area contributed by atoms with E-state index in [4.69, 9.17) is 24.5 Å². The van der Waals surface area contributed by atoms with Crippen LogP contribution in [-0.4, -0.2) is 15.0 Å². The lowest BCUT2D eigenvalue weighted by Gasteiger charge is -2.13. The SMILES string of the molecule is [2H]c1c([2H])c([2H])c2c(-c3cccc(-c4nc(-c5cccc(-c6cc7ccccc7c7ccccc67)c5)nc(-c5ccc6cc(-c7ccccc7)ccc6c5)n4)c3)c([2H])c([2H])c([2H])c2c1[2H]. The van der Waals surface area contributed by atoms with Crippen LogP contribution in [0.3, 0.4) is 0 Å². The molecule has 11 rings (SSSR count). The van der Waals surface area contributed by atoms with E-state index in [1.807, 2.05) is 42.5 Å². The summed E-state index contributed by atoms with van der Waals surface area (Å²) >= 11 is 0. The number of hydrogen-bond donors (Lipinski definition) is 0. The quantitative estimate of drug-likeness (QED) is 0.159. The molecule has 3 heteroatoms. The van der Waals surface area contributed by atoms with E-state index in [-0.39, 0.29) is 28.4 Å². The van der Waals surface area contributed by atoms with Gasteiger partial charge in [0.2, 0.25) is 0 Å². The van der Waals surface area contributed by atoms with E-state index in [9.17, 15) is 0 Å². The summed E-state index contributed by atoms with van der Waals surface area (Å²) in [5.41, 5.74) is 6.99. The Morgan fingerprint density at radius 1 is 0.276 bits per heavy atom. The topological polar surface area (TPSA) is 38.7 Å². The third-order valence-electron chi connectivity index (χ3n) is 10.8. The van der Waals surface area contributed by atoms with Crippen LogP contribution in [0, 0.1) is 0 Å².